The molecular weight excluding hydrogens is 355 g/mol. The van der Waals surface area contributed by atoms with Crippen LogP contribution in [0.2, 0.25) is 0 Å². The maximum atomic E-state index is 14.0. The standard InChI is InChI=1S/C19H21FN2O5/c1-12-5-8-17(15(20)9-12)27-14-6-7-16(22(25)26)13(10-14)11-21(18(23)24)19(2,3)4/h5-10H,11H2,1-4H3,(H,23,24). The highest BCUT2D eigenvalue weighted by Gasteiger charge is 2.29. The van der Waals surface area contributed by atoms with Gasteiger partial charge in [0.1, 0.15) is 5.75 Å². The number of amides is 1. The van der Waals surface area contributed by atoms with Gasteiger partial charge in [-0.1, -0.05) is 6.07 Å². The van der Waals surface area contributed by atoms with Gasteiger partial charge in [-0.2, -0.15) is 0 Å². The topological polar surface area (TPSA) is 92.9 Å². The summed E-state index contributed by atoms with van der Waals surface area (Å²) in [6, 6.07) is 8.38. The highest BCUT2D eigenvalue weighted by atomic mass is 19.1. The predicted molar refractivity (Wildman–Crippen MR) is 97.6 cm³/mol. The van der Waals surface area contributed by atoms with Gasteiger partial charge in [0.05, 0.1) is 17.0 Å². The second-order valence-electron chi connectivity index (χ2n) is 7.12. The first-order valence-corrected chi connectivity index (χ1v) is 8.21. The number of ether oxygens (including phenoxy) is 1. The van der Waals surface area contributed by atoms with Crippen molar-refractivity contribution in [2.45, 2.75) is 39.8 Å². The summed E-state index contributed by atoms with van der Waals surface area (Å²) < 4.78 is 19.5. The summed E-state index contributed by atoms with van der Waals surface area (Å²) in [5.41, 5.74) is -0.115. The van der Waals surface area contributed by atoms with Gasteiger partial charge in [-0.3, -0.25) is 15.0 Å². The Bertz CT molecular complexity index is 877. The van der Waals surface area contributed by atoms with Crippen LogP contribution in [0.1, 0.15) is 31.9 Å². The molecule has 0 unspecified atom stereocenters. The van der Waals surface area contributed by atoms with Crippen LogP contribution >= 0.6 is 0 Å². The van der Waals surface area contributed by atoms with Crippen LogP contribution in [0.5, 0.6) is 11.5 Å². The van der Waals surface area contributed by atoms with Crippen molar-refractivity contribution in [3.05, 3.63) is 63.5 Å². The molecule has 0 aliphatic carbocycles. The SMILES string of the molecule is Cc1ccc(Oc2ccc([N+](=O)[O-])c(CN(C(=O)O)C(C)(C)C)c2)c(F)c1. The van der Waals surface area contributed by atoms with Crippen molar-refractivity contribution in [1.29, 1.82) is 0 Å². The molecule has 0 saturated heterocycles. The monoisotopic (exact) mass is 376 g/mol. The van der Waals surface area contributed by atoms with Gasteiger partial charge in [-0.15, -0.1) is 0 Å². The smallest absolute Gasteiger partial charge is 0.408 e. The Morgan fingerprint density at radius 2 is 1.93 bits per heavy atom. The normalized spacial score (nSPS) is 11.1. The number of nitro benzene ring substituents is 1. The molecule has 0 aliphatic heterocycles. The second kappa shape index (κ2) is 7.61. The molecule has 0 fully saturated rings. The number of carbonyl (C=O) groups is 1. The largest absolute Gasteiger partial charge is 0.465 e. The summed E-state index contributed by atoms with van der Waals surface area (Å²) in [5.74, 6) is -0.402. The summed E-state index contributed by atoms with van der Waals surface area (Å²) in [5, 5.41) is 20.8. The maximum absolute atomic E-state index is 14.0. The molecule has 2 aromatic rings. The van der Waals surface area contributed by atoms with Crippen molar-refractivity contribution < 1.29 is 24.0 Å². The lowest BCUT2D eigenvalue weighted by Crippen LogP contribution is -2.44. The maximum Gasteiger partial charge on any atom is 0.408 e. The first-order valence-electron chi connectivity index (χ1n) is 8.21. The van der Waals surface area contributed by atoms with Crippen LogP contribution in [0.25, 0.3) is 0 Å². The molecular formula is C19H21FN2O5. The number of carboxylic acid groups (broad SMARTS) is 1. The Balaban J connectivity index is 2.41. The summed E-state index contributed by atoms with van der Waals surface area (Å²) in [7, 11) is 0. The molecule has 0 bridgehead atoms. The Hall–Kier alpha value is -3.16. The summed E-state index contributed by atoms with van der Waals surface area (Å²) in [6.07, 6.45) is -1.20. The quantitative estimate of drug-likeness (QED) is 0.578. The van der Waals surface area contributed by atoms with Gasteiger partial charge >= 0.3 is 6.09 Å². The lowest BCUT2D eigenvalue weighted by molar-refractivity contribution is -0.385. The van der Waals surface area contributed by atoms with E-state index in [-0.39, 0.29) is 29.3 Å². The van der Waals surface area contributed by atoms with Crippen LogP contribution in [0, 0.1) is 22.9 Å². The van der Waals surface area contributed by atoms with Crippen LogP contribution in [0.3, 0.4) is 0 Å². The highest BCUT2D eigenvalue weighted by molar-refractivity contribution is 5.66. The predicted octanol–water partition coefficient (Wildman–Crippen LogP) is 5.11. The fraction of sp³-hybridized carbons (Fsp3) is 0.316. The van der Waals surface area contributed by atoms with Gasteiger partial charge in [-0.25, -0.2) is 9.18 Å². The van der Waals surface area contributed by atoms with Crippen molar-refractivity contribution in [2.24, 2.45) is 0 Å². The molecule has 0 atom stereocenters. The molecule has 7 nitrogen and oxygen atoms in total. The number of benzene rings is 2. The number of aryl methyl sites for hydroxylation is 1. The van der Waals surface area contributed by atoms with E-state index in [4.69, 9.17) is 4.74 Å². The van der Waals surface area contributed by atoms with Crippen LogP contribution in [0.4, 0.5) is 14.9 Å². The number of nitrogens with zero attached hydrogens (tertiary/aromatic N) is 2. The summed E-state index contributed by atoms with van der Waals surface area (Å²) in [4.78, 5) is 23.4. The molecule has 2 rings (SSSR count). The van der Waals surface area contributed by atoms with Gasteiger partial charge in [0.2, 0.25) is 0 Å². The zero-order chi connectivity index (χ0) is 20.4. The first kappa shape index (κ1) is 20.2. The van der Waals surface area contributed by atoms with Crippen LogP contribution in [-0.4, -0.2) is 26.6 Å². The van der Waals surface area contributed by atoms with E-state index < -0.39 is 22.4 Å². The van der Waals surface area contributed by atoms with E-state index in [0.29, 0.717) is 0 Å². The second-order valence-corrected chi connectivity index (χ2v) is 7.12. The molecule has 0 radical (unpaired) electrons. The van der Waals surface area contributed by atoms with Gasteiger partial charge in [-0.05, 0) is 57.5 Å². The molecule has 144 valence electrons. The molecule has 1 N–H and O–H groups in total. The Labute approximate surface area is 156 Å². The fourth-order valence-electron chi connectivity index (χ4n) is 2.51. The molecule has 0 saturated carbocycles. The Kier molecular flexibility index (Phi) is 5.68. The first-order chi connectivity index (χ1) is 12.5. The molecule has 0 aliphatic rings. The lowest BCUT2D eigenvalue weighted by atomic mass is 10.0. The molecule has 2 aromatic carbocycles. The number of hydrogen-bond donors (Lipinski definition) is 1. The van der Waals surface area contributed by atoms with Crippen molar-refractivity contribution in [3.8, 4) is 11.5 Å². The van der Waals surface area contributed by atoms with E-state index in [1.54, 1.807) is 33.8 Å². The van der Waals surface area contributed by atoms with Gasteiger partial charge in [0.25, 0.3) is 5.69 Å². The average Bonchev–Trinajstić information content (AvgIpc) is 2.53. The van der Waals surface area contributed by atoms with Crippen molar-refractivity contribution in [3.63, 3.8) is 0 Å². The van der Waals surface area contributed by atoms with Crippen molar-refractivity contribution in [2.75, 3.05) is 0 Å². The van der Waals surface area contributed by atoms with E-state index in [1.807, 2.05) is 0 Å². The Morgan fingerprint density at radius 1 is 1.26 bits per heavy atom. The van der Waals surface area contributed by atoms with Crippen LogP contribution < -0.4 is 4.74 Å². The summed E-state index contributed by atoms with van der Waals surface area (Å²) in [6.45, 7) is 6.60. The molecule has 0 heterocycles. The molecule has 1 amide bonds. The number of hydrogen-bond acceptors (Lipinski definition) is 4. The van der Waals surface area contributed by atoms with E-state index in [9.17, 15) is 24.4 Å². The zero-order valence-corrected chi connectivity index (χ0v) is 15.5. The highest BCUT2D eigenvalue weighted by Crippen LogP contribution is 2.31. The van der Waals surface area contributed by atoms with E-state index >= 15 is 0 Å². The minimum absolute atomic E-state index is 0.0219. The third-order valence-electron chi connectivity index (χ3n) is 3.93. The van der Waals surface area contributed by atoms with Crippen LogP contribution in [0.15, 0.2) is 36.4 Å². The minimum Gasteiger partial charge on any atom is -0.465 e. The molecule has 0 spiro atoms. The molecule has 27 heavy (non-hydrogen) atoms. The lowest BCUT2D eigenvalue weighted by Gasteiger charge is -2.33. The van der Waals surface area contributed by atoms with Crippen molar-refractivity contribution in [1.82, 2.24) is 4.90 Å². The number of nitro groups is 1. The van der Waals surface area contributed by atoms with E-state index in [2.05, 4.69) is 0 Å². The summed E-state index contributed by atoms with van der Waals surface area (Å²) >= 11 is 0. The fourth-order valence-corrected chi connectivity index (χ4v) is 2.51. The third-order valence-corrected chi connectivity index (χ3v) is 3.93. The van der Waals surface area contributed by atoms with Gasteiger partial charge in [0, 0.05) is 11.6 Å². The molecule has 0 aromatic heterocycles. The third kappa shape index (κ3) is 4.93. The van der Waals surface area contributed by atoms with Crippen molar-refractivity contribution >= 4 is 11.8 Å². The van der Waals surface area contributed by atoms with E-state index in [0.717, 1.165) is 10.5 Å². The van der Waals surface area contributed by atoms with Crippen LogP contribution in [-0.2, 0) is 6.54 Å². The minimum atomic E-state index is -1.20. The number of rotatable bonds is 5. The van der Waals surface area contributed by atoms with Gasteiger partial charge < -0.3 is 9.84 Å². The average molecular weight is 376 g/mol. The van der Waals surface area contributed by atoms with Gasteiger partial charge in [0.15, 0.2) is 11.6 Å². The number of halogens is 1. The molecule has 8 heteroatoms. The Morgan fingerprint density at radius 3 is 2.44 bits per heavy atom. The zero-order valence-electron chi connectivity index (χ0n) is 15.5. The van der Waals surface area contributed by atoms with E-state index in [1.165, 1.54) is 30.3 Å².